The summed E-state index contributed by atoms with van der Waals surface area (Å²) in [4.78, 5) is 27.0. The molecule has 0 bridgehead atoms. The van der Waals surface area contributed by atoms with E-state index in [-0.39, 0.29) is 18.3 Å². The lowest BCUT2D eigenvalue weighted by Crippen LogP contribution is -2.42. The van der Waals surface area contributed by atoms with Gasteiger partial charge in [-0.15, -0.1) is 11.3 Å². The molecule has 2 aromatic rings. The molecule has 1 aromatic carbocycles. The van der Waals surface area contributed by atoms with Gasteiger partial charge in [0.1, 0.15) is 5.82 Å². The zero-order valence-electron chi connectivity index (χ0n) is 13.3. The van der Waals surface area contributed by atoms with Gasteiger partial charge in [-0.25, -0.2) is 4.39 Å². The topological polar surface area (TPSA) is 57.6 Å². The van der Waals surface area contributed by atoms with Crippen LogP contribution < -0.4 is 0 Å². The second-order valence-electron chi connectivity index (χ2n) is 6.06. The monoisotopic (exact) mass is 347 g/mol. The Morgan fingerprint density at radius 2 is 2.00 bits per heavy atom. The van der Waals surface area contributed by atoms with E-state index in [4.69, 9.17) is 5.11 Å². The predicted octanol–water partition coefficient (Wildman–Crippen LogP) is 3.80. The summed E-state index contributed by atoms with van der Waals surface area (Å²) in [5, 5.41) is 9.16. The maximum absolute atomic E-state index is 13.1. The molecule has 3 rings (SSSR count). The number of thiophene rings is 1. The smallest absolute Gasteiger partial charge is 0.308 e. The first-order valence-electron chi connectivity index (χ1n) is 7.84. The molecule has 6 heteroatoms. The number of carboxylic acids is 1. The third kappa shape index (κ3) is 3.33. The third-order valence-electron chi connectivity index (χ3n) is 4.29. The molecule has 0 unspecified atom stereocenters. The van der Waals surface area contributed by atoms with Crippen LogP contribution >= 0.6 is 11.3 Å². The fourth-order valence-corrected chi connectivity index (χ4v) is 4.14. The average molecular weight is 347 g/mol. The van der Waals surface area contributed by atoms with Gasteiger partial charge in [0, 0.05) is 18.0 Å². The van der Waals surface area contributed by atoms with Crippen molar-refractivity contribution >= 4 is 23.2 Å². The Balaban J connectivity index is 1.82. The van der Waals surface area contributed by atoms with Crippen LogP contribution in [0.15, 0.2) is 30.3 Å². The number of aliphatic carboxylic acids is 1. The quantitative estimate of drug-likeness (QED) is 0.919. The molecule has 1 N–H and O–H groups in total. The van der Waals surface area contributed by atoms with Crippen LogP contribution in [0.25, 0.3) is 10.4 Å². The molecule has 126 valence electrons. The largest absolute Gasteiger partial charge is 0.481 e. The van der Waals surface area contributed by atoms with Gasteiger partial charge in [-0.2, -0.15) is 0 Å². The molecule has 0 aliphatic carbocycles. The molecule has 1 aliphatic rings. The number of halogens is 1. The summed E-state index contributed by atoms with van der Waals surface area (Å²) in [7, 11) is 0. The lowest BCUT2D eigenvalue weighted by molar-refractivity contribution is -0.143. The van der Waals surface area contributed by atoms with Crippen molar-refractivity contribution in [1.82, 2.24) is 4.90 Å². The lowest BCUT2D eigenvalue weighted by Gasteiger charge is -2.30. The zero-order chi connectivity index (χ0) is 17.3. The van der Waals surface area contributed by atoms with Crippen molar-refractivity contribution < 1.29 is 19.1 Å². The molecule has 1 saturated heterocycles. The Hall–Kier alpha value is -2.21. The Kier molecular flexibility index (Phi) is 4.66. The minimum absolute atomic E-state index is 0.123. The fraction of sp³-hybridized carbons (Fsp3) is 0.333. The Morgan fingerprint density at radius 3 is 2.67 bits per heavy atom. The Morgan fingerprint density at radius 1 is 1.29 bits per heavy atom. The van der Waals surface area contributed by atoms with Crippen LogP contribution in [0, 0.1) is 18.7 Å². The molecule has 0 radical (unpaired) electrons. The number of benzene rings is 1. The van der Waals surface area contributed by atoms with Crippen molar-refractivity contribution in [2.45, 2.75) is 19.8 Å². The molecule has 1 aromatic heterocycles. The van der Waals surface area contributed by atoms with Crippen LogP contribution in [0.1, 0.15) is 28.1 Å². The van der Waals surface area contributed by atoms with E-state index in [2.05, 4.69) is 0 Å². The van der Waals surface area contributed by atoms with Gasteiger partial charge in [-0.1, -0.05) is 12.1 Å². The van der Waals surface area contributed by atoms with Crippen LogP contribution in [0.3, 0.4) is 0 Å². The van der Waals surface area contributed by atoms with Crippen molar-refractivity contribution in [2.75, 3.05) is 13.1 Å². The highest BCUT2D eigenvalue weighted by Crippen LogP contribution is 2.33. The molecule has 1 fully saturated rings. The van der Waals surface area contributed by atoms with Crippen LogP contribution in [-0.2, 0) is 4.79 Å². The molecule has 24 heavy (non-hydrogen) atoms. The molecule has 1 amide bonds. The van der Waals surface area contributed by atoms with Gasteiger partial charge in [0.2, 0.25) is 0 Å². The third-order valence-corrected chi connectivity index (χ3v) is 5.57. The van der Waals surface area contributed by atoms with Crippen molar-refractivity contribution in [3.8, 4) is 10.4 Å². The minimum Gasteiger partial charge on any atom is -0.481 e. The van der Waals surface area contributed by atoms with Gasteiger partial charge in [0.15, 0.2) is 0 Å². The van der Waals surface area contributed by atoms with Crippen LogP contribution in [0.2, 0.25) is 0 Å². The number of aryl methyl sites for hydroxylation is 1. The number of piperidine rings is 1. The summed E-state index contributed by atoms with van der Waals surface area (Å²) in [6, 6.07) is 8.03. The number of amides is 1. The van der Waals surface area contributed by atoms with Crippen LogP contribution in [0.5, 0.6) is 0 Å². The molecular formula is C18H18FNO3S. The van der Waals surface area contributed by atoms with E-state index in [0.717, 1.165) is 16.0 Å². The van der Waals surface area contributed by atoms with E-state index in [9.17, 15) is 14.0 Å². The summed E-state index contributed by atoms with van der Waals surface area (Å²) in [5.41, 5.74) is 1.83. The normalized spacial score (nSPS) is 17.8. The average Bonchev–Trinajstić information content (AvgIpc) is 2.97. The SMILES string of the molecule is Cc1cc(C(=O)N2CCC[C@H](C(=O)O)C2)sc1-c1ccc(F)cc1. The maximum atomic E-state index is 13.1. The highest BCUT2D eigenvalue weighted by Gasteiger charge is 2.29. The van der Waals surface area contributed by atoms with Gasteiger partial charge < -0.3 is 10.0 Å². The summed E-state index contributed by atoms with van der Waals surface area (Å²) in [6.07, 6.45) is 1.32. The van der Waals surface area contributed by atoms with Crippen LogP contribution in [0.4, 0.5) is 4.39 Å². The van der Waals surface area contributed by atoms with Crippen molar-refractivity contribution in [2.24, 2.45) is 5.92 Å². The van der Waals surface area contributed by atoms with Gasteiger partial charge in [0.25, 0.3) is 5.91 Å². The van der Waals surface area contributed by atoms with E-state index < -0.39 is 11.9 Å². The first-order chi connectivity index (χ1) is 11.5. The molecule has 4 nitrogen and oxygen atoms in total. The molecule has 1 atom stereocenters. The lowest BCUT2D eigenvalue weighted by atomic mass is 9.98. The molecular weight excluding hydrogens is 329 g/mol. The van der Waals surface area contributed by atoms with E-state index in [1.807, 2.05) is 13.0 Å². The van der Waals surface area contributed by atoms with E-state index >= 15 is 0 Å². The highest BCUT2D eigenvalue weighted by atomic mass is 32.1. The molecule has 0 spiro atoms. The second kappa shape index (κ2) is 6.73. The van der Waals surface area contributed by atoms with Gasteiger partial charge >= 0.3 is 5.97 Å². The van der Waals surface area contributed by atoms with Crippen molar-refractivity contribution in [3.63, 3.8) is 0 Å². The number of nitrogens with zero attached hydrogens (tertiary/aromatic N) is 1. The summed E-state index contributed by atoms with van der Waals surface area (Å²) in [6.45, 7) is 2.77. The first kappa shape index (κ1) is 16.6. The van der Waals surface area contributed by atoms with Crippen LogP contribution in [-0.4, -0.2) is 35.0 Å². The summed E-state index contributed by atoms with van der Waals surface area (Å²) >= 11 is 1.37. The van der Waals surface area contributed by atoms with E-state index in [1.165, 1.54) is 23.5 Å². The fourth-order valence-electron chi connectivity index (χ4n) is 2.99. The zero-order valence-corrected chi connectivity index (χ0v) is 14.1. The van der Waals surface area contributed by atoms with Crippen molar-refractivity contribution in [3.05, 3.63) is 46.6 Å². The maximum Gasteiger partial charge on any atom is 0.308 e. The minimum atomic E-state index is -0.845. The second-order valence-corrected chi connectivity index (χ2v) is 7.11. The highest BCUT2D eigenvalue weighted by molar-refractivity contribution is 7.17. The van der Waals surface area contributed by atoms with E-state index in [1.54, 1.807) is 17.0 Å². The van der Waals surface area contributed by atoms with Gasteiger partial charge in [0.05, 0.1) is 10.8 Å². The Labute approximate surface area is 143 Å². The summed E-state index contributed by atoms with van der Waals surface area (Å²) in [5.74, 6) is -1.75. The number of likely N-dealkylation sites (tertiary alicyclic amines) is 1. The molecule has 2 heterocycles. The van der Waals surface area contributed by atoms with E-state index in [0.29, 0.717) is 24.3 Å². The number of hydrogen-bond donors (Lipinski definition) is 1. The number of hydrogen-bond acceptors (Lipinski definition) is 3. The first-order valence-corrected chi connectivity index (χ1v) is 8.66. The molecule has 1 aliphatic heterocycles. The number of carbonyl (C=O) groups excluding carboxylic acids is 1. The van der Waals surface area contributed by atoms with Gasteiger partial charge in [-0.3, -0.25) is 9.59 Å². The van der Waals surface area contributed by atoms with Gasteiger partial charge in [-0.05, 0) is 49.1 Å². The summed E-state index contributed by atoms with van der Waals surface area (Å²) < 4.78 is 13.1. The number of carboxylic acid groups (broad SMARTS) is 1. The number of carbonyl (C=O) groups is 2. The Bertz CT molecular complexity index is 769. The van der Waals surface area contributed by atoms with Crippen molar-refractivity contribution in [1.29, 1.82) is 0 Å². The predicted molar refractivity (Wildman–Crippen MR) is 90.7 cm³/mol. The molecule has 0 saturated carbocycles. The number of rotatable bonds is 3. The standard InChI is InChI=1S/C18H18FNO3S/c1-11-9-15(24-16(11)12-4-6-14(19)7-5-12)17(21)20-8-2-3-13(10-20)18(22)23/h4-7,9,13H,2-3,8,10H2,1H3,(H,22,23)/t13-/m0/s1.